The van der Waals surface area contributed by atoms with Gasteiger partial charge in [0, 0.05) is 12.0 Å². The molecular formula is C26H29F3N2O4. The molecule has 0 aliphatic carbocycles. The minimum absolute atomic E-state index is 0.147. The van der Waals surface area contributed by atoms with Crippen LogP contribution in [0.3, 0.4) is 0 Å². The third-order valence-electron chi connectivity index (χ3n) is 5.31. The van der Waals surface area contributed by atoms with Gasteiger partial charge < -0.3 is 9.47 Å². The first kappa shape index (κ1) is 26.2. The largest absolute Gasteiger partial charge is 0.466 e. The standard InChI is InChI=1S/C26H29F3N2O4/c1-17(14-26(27,28)29)22(24(33)35-25(2,3)4)19-12-10-18(11-13-19)15-31-21(32)16-34-23(30-31)20-8-6-5-7-9-20/h5-13,17,22H,14-16H2,1-4H3. The molecule has 2 atom stereocenters. The Balaban J connectivity index is 1.81. The zero-order valence-corrected chi connectivity index (χ0v) is 20.1. The van der Waals surface area contributed by atoms with Gasteiger partial charge in [0.05, 0.1) is 12.5 Å². The Morgan fingerprint density at radius 2 is 1.71 bits per heavy atom. The number of benzene rings is 2. The predicted molar refractivity (Wildman–Crippen MR) is 124 cm³/mol. The fraction of sp³-hybridized carbons (Fsp3) is 0.423. The average Bonchev–Trinajstić information content (AvgIpc) is 2.75. The molecule has 188 valence electrons. The van der Waals surface area contributed by atoms with Crippen LogP contribution < -0.4 is 0 Å². The second kappa shape index (κ2) is 10.5. The van der Waals surface area contributed by atoms with Crippen molar-refractivity contribution in [1.82, 2.24) is 5.01 Å². The van der Waals surface area contributed by atoms with Crippen molar-refractivity contribution >= 4 is 17.8 Å². The molecule has 0 N–H and O–H groups in total. The number of esters is 1. The third-order valence-corrected chi connectivity index (χ3v) is 5.31. The van der Waals surface area contributed by atoms with Gasteiger partial charge in [0.2, 0.25) is 5.90 Å². The number of rotatable bonds is 7. The van der Waals surface area contributed by atoms with E-state index < -0.39 is 36.0 Å². The molecule has 0 bridgehead atoms. The Bertz CT molecular complexity index is 1060. The molecule has 1 aliphatic heterocycles. The summed E-state index contributed by atoms with van der Waals surface area (Å²) >= 11 is 0. The summed E-state index contributed by atoms with van der Waals surface area (Å²) in [4.78, 5) is 25.1. The molecule has 2 aromatic rings. The normalized spacial score (nSPS) is 16.3. The van der Waals surface area contributed by atoms with Crippen LogP contribution in [0.1, 0.15) is 56.7 Å². The van der Waals surface area contributed by atoms with Gasteiger partial charge in [-0.15, -0.1) is 5.10 Å². The number of amides is 1. The fourth-order valence-electron chi connectivity index (χ4n) is 3.79. The van der Waals surface area contributed by atoms with Gasteiger partial charge >= 0.3 is 12.1 Å². The van der Waals surface area contributed by atoms with Crippen molar-refractivity contribution in [2.24, 2.45) is 11.0 Å². The molecule has 35 heavy (non-hydrogen) atoms. The lowest BCUT2D eigenvalue weighted by Crippen LogP contribution is -2.36. The van der Waals surface area contributed by atoms with Crippen molar-refractivity contribution in [2.45, 2.75) is 58.4 Å². The predicted octanol–water partition coefficient (Wildman–Crippen LogP) is 5.42. The van der Waals surface area contributed by atoms with Crippen molar-refractivity contribution in [3.63, 3.8) is 0 Å². The van der Waals surface area contributed by atoms with E-state index >= 15 is 0 Å². The van der Waals surface area contributed by atoms with Gasteiger partial charge in [-0.3, -0.25) is 9.59 Å². The van der Waals surface area contributed by atoms with E-state index in [9.17, 15) is 22.8 Å². The van der Waals surface area contributed by atoms with E-state index in [-0.39, 0.29) is 19.1 Å². The maximum Gasteiger partial charge on any atom is 0.389 e. The fourth-order valence-corrected chi connectivity index (χ4v) is 3.79. The SMILES string of the molecule is CC(CC(F)(F)F)C(C(=O)OC(C)(C)C)c1ccc(CN2N=C(c3ccccc3)OCC2=O)cc1. The van der Waals surface area contributed by atoms with E-state index in [2.05, 4.69) is 5.10 Å². The Morgan fingerprint density at radius 1 is 1.09 bits per heavy atom. The number of hydrazone groups is 1. The summed E-state index contributed by atoms with van der Waals surface area (Å²) in [5, 5.41) is 5.59. The van der Waals surface area contributed by atoms with Crippen LogP contribution in [0.25, 0.3) is 0 Å². The molecule has 0 spiro atoms. The molecular weight excluding hydrogens is 461 g/mol. The van der Waals surface area contributed by atoms with Crippen molar-refractivity contribution in [1.29, 1.82) is 0 Å². The molecule has 0 fully saturated rings. The van der Waals surface area contributed by atoms with Crippen LogP contribution in [0.15, 0.2) is 59.7 Å². The van der Waals surface area contributed by atoms with Crippen molar-refractivity contribution in [3.8, 4) is 0 Å². The average molecular weight is 491 g/mol. The van der Waals surface area contributed by atoms with E-state index in [0.29, 0.717) is 17.0 Å². The maximum absolute atomic E-state index is 13.1. The second-order valence-electron chi connectivity index (χ2n) is 9.56. The van der Waals surface area contributed by atoms with Crippen molar-refractivity contribution in [2.75, 3.05) is 6.61 Å². The van der Waals surface area contributed by atoms with Gasteiger partial charge in [0.25, 0.3) is 5.91 Å². The summed E-state index contributed by atoms with van der Waals surface area (Å²) in [7, 11) is 0. The number of ether oxygens (including phenoxy) is 2. The topological polar surface area (TPSA) is 68.2 Å². The lowest BCUT2D eigenvalue weighted by Gasteiger charge is -2.28. The molecule has 0 saturated carbocycles. The van der Waals surface area contributed by atoms with Gasteiger partial charge in [0.15, 0.2) is 6.61 Å². The molecule has 6 nitrogen and oxygen atoms in total. The number of alkyl halides is 3. The van der Waals surface area contributed by atoms with Gasteiger partial charge in [0.1, 0.15) is 5.60 Å². The van der Waals surface area contributed by atoms with E-state index in [1.807, 2.05) is 30.3 Å². The molecule has 1 aliphatic rings. The number of nitrogens with zero attached hydrogens (tertiary/aromatic N) is 2. The third kappa shape index (κ3) is 7.56. The smallest absolute Gasteiger partial charge is 0.389 e. The Morgan fingerprint density at radius 3 is 2.29 bits per heavy atom. The van der Waals surface area contributed by atoms with E-state index in [1.54, 1.807) is 45.0 Å². The zero-order valence-electron chi connectivity index (χ0n) is 20.1. The van der Waals surface area contributed by atoms with Crippen LogP contribution in [0.4, 0.5) is 13.2 Å². The molecule has 0 saturated heterocycles. The lowest BCUT2D eigenvalue weighted by molar-refractivity contribution is -0.163. The highest BCUT2D eigenvalue weighted by Crippen LogP contribution is 2.36. The van der Waals surface area contributed by atoms with Crippen molar-refractivity contribution in [3.05, 3.63) is 71.3 Å². The van der Waals surface area contributed by atoms with Gasteiger partial charge in [-0.25, -0.2) is 5.01 Å². The molecule has 3 rings (SSSR count). The highest BCUT2D eigenvalue weighted by atomic mass is 19.4. The Kier molecular flexibility index (Phi) is 7.87. The van der Waals surface area contributed by atoms with E-state index in [4.69, 9.17) is 9.47 Å². The molecule has 2 aromatic carbocycles. The first-order chi connectivity index (χ1) is 16.3. The molecule has 9 heteroatoms. The quantitative estimate of drug-likeness (QED) is 0.486. The van der Waals surface area contributed by atoms with Crippen LogP contribution in [0.2, 0.25) is 0 Å². The summed E-state index contributed by atoms with van der Waals surface area (Å²) in [5.74, 6) is -2.80. The second-order valence-corrected chi connectivity index (χ2v) is 9.56. The molecule has 2 unspecified atom stereocenters. The van der Waals surface area contributed by atoms with Crippen LogP contribution >= 0.6 is 0 Å². The zero-order chi connectivity index (χ0) is 25.8. The first-order valence-corrected chi connectivity index (χ1v) is 11.3. The number of carbonyl (C=O) groups excluding carboxylic acids is 2. The van der Waals surface area contributed by atoms with Gasteiger partial charge in [-0.05, 0) is 49.9 Å². The summed E-state index contributed by atoms with van der Waals surface area (Å²) < 4.78 is 50.1. The number of halogens is 3. The Hall–Kier alpha value is -3.36. The van der Waals surface area contributed by atoms with Crippen molar-refractivity contribution < 1.29 is 32.2 Å². The lowest BCUT2D eigenvalue weighted by atomic mass is 9.84. The molecule has 1 heterocycles. The van der Waals surface area contributed by atoms with Crippen LogP contribution in [-0.4, -0.2) is 41.2 Å². The van der Waals surface area contributed by atoms with Gasteiger partial charge in [-0.2, -0.15) is 13.2 Å². The van der Waals surface area contributed by atoms with Gasteiger partial charge in [-0.1, -0.05) is 49.4 Å². The molecule has 0 aromatic heterocycles. The summed E-state index contributed by atoms with van der Waals surface area (Å²) in [6.07, 6.45) is -5.53. The minimum Gasteiger partial charge on any atom is -0.466 e. The highest BCUT2D eigenvalue weighted by molar-refractivity contribution is 5.97. The van der Waals surface area contributed by atoms with Crippen LogP contribution in [0.5, 0.6) is 0 Å². The van der Waals surface area contributed by atoms with E-state index in [0.717, 1.165) is 5.56 Å². The highest BCUT2D eigenvalue weighted by Gasteiger charge is 2.38. The number of hydrogen-bond acceptors (Lipinski definition) is 5. The first-order valence-electron chi connectivity index (χ1n) is 11.3. The number of carbonyl (C=O) groups is 2. The molecule has 1 amide bonds. The van der Waals surface area contributed by atoms with Crippen LogP contribution in [-0.2, 0) is 25.6 Å². The van der Waals surface area contributed by atoms with Crippen LogP contribution in [0, 0.1) is 5.92 Å². The summed E-state index contributed by atoms with van der Waals surface area (Å²) in [6.45, 7) is 6.40. The summed E-state index contributed by atoms with van der Waals surface area (Å²) in [5.41, 5.74) is 1.02. The maximum atomic E-state index is 13.1. The molecule has 0 radical (unpaired) electrons. The number of hydrogen-bond donors (Lipinski definition) is 0. The summed E-state index contributed by atoms with van der Waals surface area (Å²) in [6, 6.07) is 15.7. The van der Waals surface area contributed by atoms with E-state index in [1.165, 1.54) is 11.9 Å². The minimum atomic E-state index is -4.41. The Labute approximate surface area is 202 Å². The monoisotopic (exact) mass is 490 g/mol.